The van der Waals surface area contributed by atoms with Gasteiger partial charge in [-0.1, -0.05) is 0 Å². The van der Waals surface area contributed by atoms with Crippen LogP contribution in [0.15, 0.2) is 25.3 Å². The van der Waals surface area contributed by atoms with Crippen LogP contribution in [-0.4, -0.2) is 29.9 Å². The van der Waals surface area contributed by atoms with E-state index in [1.54, 1.807) is 12.2 Å². The molecule has 2 heterocycles. The maximum absolute atomic E-state index is 3.91. The molecule has 6 nitrogen and oxygen atoms in total. The van der Waals surface area contributed by atoms with Crippen LogP contribution in [0.25, 0.3) is 12.2 Å². The molecule has 0 radical (unpaired) electrons. The van der Waals surface area contributed by atoms with Gasteiger partial charge >= 0.3 is 0 Å². The molecule has 0 amide bonds. The van der Waals surface area contributed by atoms with Gasteiger partial charge in [-0.2, -0.15) is 0 Å². The van der Waals surface area contributed by atoms with Crippen LogP contribution in [0.4, 0.5) is 0 Å². The van der Waals surface area contributed by atoms with E-state index in [2.05, 4.69) is 29.9 Å². The van der Waals surface area contributed by atoms with Gasteiger partial charge in [0, 0.05) is 0 Å². The fourth-order valence-electron chi connectivity index (χ4n) is 0.817. The van der Waals surface area contributed by atoms with Crippen molar-refractivity contribution in [2.24, 2.45) is 0 Å². The van der Waals surface area contributed by atoms with E-state index in [4.69, 9.17) is 0 Å². The summed E-state index contributed by atoms with van der Waals surface area (Å²) in [5.74, 6) is 1.14. The molecule has 0 N–H and O–H groups in total. The molecular weight excluding hydrogens is 180 g/mol. The summed E-state index contributed by atoms with van der Waals surface area (Å²) in [6.07, 6.45) is 9.13. The summed E-state index contributed by atoms with van der Waals surface area (Å²) >= 11 is 0. The minimum Gasteiger partial charge on any atom is -0.225 e. The standard InChI is InChI=1S/C8H6N6/c1(7-11-3-9-4-12-7)2-8-13-5-10-6-14-8/h1-6H. The van der Waals surface area contributed by atoms with E-state index in [1.165, 1.54) is 25.3 Å². The number of hydrogen-bond acceptors (Lipinski definition) is 6. The largest absolute Gasteiger partial charge is 0.225 e. The van der Waals surface area contributed by atoms with Gasteiger partial charge in [0.1, 0.15) is 25.3 Å². The number of hydrogen-bond donors (Lipinski definition) is 0. The summed E-state index contributed by atoms with van der Waals surface area (Å²) in [4.78, 5) is 23.1. The van der Waals surface area contributed by atoms with Crippen molar-refractivity contribution in [2.45, 2.75) is 0 Å². The van der Waals surface area contributed by atoms with Crippen molar-refractivity contribution in [1.29, 1.82) is 0 Å². The molecule has 14 heavy (non-hydrogen) atoms. The Balaban J connectivity index is 2.16. The average molecular weight is 186 g/mol. The molecule has 68 valence electrons. The van der Waals surface area contributed by atoms with Crippen LogP contribution in [-0.2, 0) is 0 Å². The van der Waals surface area contributed by atoms with Gasteiger partial charge in [0.2, 0.25) is 0 Å². The first-order valence-corrected chi connectivity index (χ1v) is 3.87. The molecule has 6 heteroatoms. The Labute approximate surface area is 79.8 Å². The molecule has 0 aliphatic heterocycles. The molecule has 0 spiro atoms. The molecular formula is C8H6N6. The highest BCUT2D eigenvalue weighted by molar-refractivity contribution is 5.62. The quantitative estimate of drug-likeness (QED) is 0.668. The highest BCUT2D eigenvalue weighted by atomic mass is 15.0. The maximum Gasteiger partial charge on any atom is 0.155 e. The molecule has 0 bridgehead atoms. The minimum absolute atomic E-state index is 0.570. The Bertz CT molecular complexity index is 371. The van der Waals surface area contributed by atoms with E-state index in [0.717, 1.165) is 0 Å². The second-order valence-electron chi connectivity index (χ2n) is 2.33. The zero-order chi connectivity index (χ0) is 9.64. The van der Waals surface area contributed by atoms with Crippen LogP contribution in [0.1, 0.15) is 11.6 Å². The summed E-state index contributed by atoms with van der Waals surface area (Å²) in [6.45, 7) is 0. The fourth-order valence-corrected chi connectivity index (χ4v) is 0.817. The van der Waals surface area contributed by atoms with E-state index in [1.807, 2.05) is 0 Å². The van der Waals surface area contributed by atoms with Crippen molar-refractivity contribution < 1.29 is 0 Å². The first-order valence-electron chi connectivity index (χ1n) is 3.87. The smallest absolute Gasteiger partial charge is 0.155 e. The first-order chi connectivity index (χ1) is 6.95. The Morgan fingerprint density at radius 3 is 1.36 bits per heavy atom. The van der Waals surface area contributed by atoms with Gasteiger partial charge in [-0.25, -0.2) is 29.9 Å². The zero-order valence-electron chi connectivity index (χ0n) is 7.15. The fraction of sp³-hybridized carbons (Fsp3) is 0. The summed E-state index contributed by atoms with van der Waals surface area (Å²) in [5, 5.41) is 0. The van der Waals surface area contributed by atoms with Crippen molar-refractivity contribution in [2.75, 3.05) is 0 Å². The number of aromatic nitrogens is 6. The molecule has 0 aliphatic carbocycles. The van der Waals surface area contributed by atoms with Crippen LogP contribution < -0.4 is 0 Å². The Kier molecular flexibility index (Phi) is 2.46. The third-order valence-corrected chi connectivity index (χ3v) is 1.41. The molecule has 2 aromatic rings. The van der Waals surface area contributed by atoms with Crippen molar-refractivity contribution in [3.63, 3.8) is 0 Å². The molecule has 0 fully saturated rings. The predicted molar refractivity (Wildman–Crippen MR) is 48.6 cm³/mol. The topological polar surface area (TPSA) is 77.3 Å². The van der Waals surface area contributed by atoms with E-state index in [0.29, 0.717) is 11.6 Å². The SMILES string of the molecule is C(=Cc1ncncn1)c1ncncn1. The van der Waals surface area contributed by atoms with E-state index in [9.17, 15) is 0 Å². The summed E-state index contributed by atoms with van der Waals surface area (Å²) in [7, 11) is 0. The lowest BCUT2D eigenvalue weighted by Gasteiger charge is -1.89. The van der Waals surface area contributed by atoms with E-state index >= 15 is 0 Å². The highest BCUT2D eigenvalue weighted by Gasteiger charge is 1.89. The summed E-state index contributed by atoms with van der Waals surface area (Å²) in [6, 6.07) is 0. The van der Waals surface area contributed by atoms with E-state index < -0.39 is 0 Å². The van der Waals surface area contributed by atoms with Crippen LogP contribution in [0.3, 0.4) is 0 Å². The lowest BCUT2D eigenvalue weighted by Crippen LogP contribution is -1.89. The maximum atomic E-state index is 3.91. The summed E-state index contributed by atoms with van der Waals surface area (Å²) in [5.41, 5.74) is 0. The molecule has 0 aromatic carbocycles. The van der Waals surface area contributed by atoms with Crippen molar-refractivity contribution in [3.8, 4) is 0 Å². The van der Waals surface area contributed by atoms with Gasteiger partial charge in [0.25, 0.3) is 0 Å². The number of nitrogens with zero attached hydrogens (tertiary/aromatic N) is 6. The van der Waals surface area contributed by atoms with Crippen LogP contribution in [0.5, 0.6) is 0 Å². The second kappa shape index (κ2) is 4.13. The molecule has 0 saturated carbocycles. The van der Waals surface area contributed by atoms with Crippen LogP contribution in [0, 0.1) is 0 Å². The lowest BCUT2D eigenvalue weighted by molar-refractivity contribution is 1.02. The first kappa shape index (κ1) is 8.36. The highest BCUT2D eigenvalue weighted by Crippen LogP contribution is 1.95. The van der Waals surface area contributed by atoms with Crippen LogP contribution >= 0.6 is 0 Å². The van der Waals surface area contributed by atoms with Gasteiger partial charge in [0.05, 0.1) is 0 Å². The van der Waals surface area contributed by atoms with Gasteiger partial charge in [-0.15, -0.1) is 0 Å². The monoisotopic (exact) mass is 186 g/mol. The normalized spacial score (nSPS) is 10.6. The van der Waals surface area contributed by atoms with Crippen LogP contribution in [0.2, 0.25) is 0 Å². The van der Waals surface area contributed by atoms with E-state index in [-0.39, 0.29) is 0 Å². The summed E-state index contributed by atoms with van der Waals surface area (Å²) < 4.78 is 0. The predicted octanol–water partition coefficient (Wildman–Crippen LogP) is 0.227. The Morgan fingerprint density at radius 1 is 0.643 bits per heavy atom. The van der Waals surface area contributed by atoms with Gasteiger partial charge in [-0.3, -0.25) is 0 Å². The zero-order valence-corrected chi connectivity index (χ0v) is 7.15. The lowest BCUT2D eigenvalue weighted by atomic mass is 10.4. The third-order valence-electron chi connectivity index (χ3n) is 1.41. The van der Waals surface area contributed by atoms with Crippen molar-refractivity contribution in [3.05, 3.63) is 37.0 Å². The third kappa shape index (κ3) is 2.13. The molecule has 0 unspecified atom stereocenters. The molecule has 0 saturated heterocycles. The van der Waals surface area contributed by atoms with Crippen molar-refractivity contribution in [1.82, 2.24) is 29.9 Å². The average Bonchev–Trinajstić information content (AvgIpc) is 2.29. The second-order valence-corrected chi connectivity index (χ2v) is 2.33. The van der Waals surface area contributed by atoms with Gasteiger partial charge in [-0.05, 0) is 12.2 Å². The Morgan fingerprint density at radius 2 is 1.00 bits per heavy atom. The van der Waals surface area contributed by atoms with Gasteiger partial charge in [0.15, 0.2) is 11.6 Å². The van der Waals surface area contributed by atoms with Gasteiger partial charge < -0.3 is 0 Å². The van der Waals surface area contributed by atoms with Crippen molar-refractivity contribution >= 4 is 12.2 Å². The minimum atomic E-state index is 0.570. The number of rotatable bonds is 2. The Hall–Kier alpha value is -2.24. The molecule has 2 aromatic heterocycles. The molecule has 2 rings (SSSR count). The molecule has 0 aliphatic rings. The molecule has 0 atom stereocenters.